The van der Waals surface area contributed by atoms with Crippen molar-refractivity contribution in [3.05, 3.63) is 58.3 Å². The Morgan fingerprint density at radius 2 is 1.81 bits per heavy atom. The highest BCUT2D eigenvalue weighted by molar-refractivity contribution is 7.10. The number of hydrogen-bond acceptors (Lipinski definition) is 3. The Hall–Kier alpha value is -2.18. The van der Waals surface area contributed by atoms with E-state index in [-0.39, 0.29) is 30.1 Å². The van der Waals surface area contributed by atoms with E-state index >= 15 is 0 Å². The molecular weight excluding hydrogens is 358 g/mol. The van der Waals surface area contributed by atoms with Crippen LogP contribution in [0.4, 0.5) is 4.79 Å². The molecular formula is C21H28N3O2S+. The van der Waals surface area contributed by atoms with E-state index < -0.39 is 0 Å². The summed E-state index contributed by atoms with van der Waals surface area (Å²) in [5.74, 6) is -0.263. The zero-order chi connectivity index (χ0) is 19.1. The smallest absolute Gasteiger partial charge is 0.321 e. The van der Waals surface area contributed by atoms with Gasteiger partial charge in [-0.2, -0.15) is 0 Å². The standard InChI is InChI=1S/C21H27N3O2S/c1-15(20(25)24-21(26)23-17-11-6-3-7-12-17)22-19(18-13-8-14-27-18)16-9-4-2-5-10-16/h2,4-5,8-10,13-15,17,19,22H,3,6-7,11-12H2,1H3,(H2,23,24,25,26)/p+1/t15-,19-/m0/s1. The molecule has 5 nitrogen and oxygen atoms in total. The molecule has 1 aromatic heterocycles. The second-order valence-electron chi connectivity index (χ2n) is 7.18. The molecule has 0 radical (unpaired) electrons. The maximum atomic E-state index is 12.5. The third-order valence-electron chi connectivity index (χ3n) is 5.08. The Bertz CT molecular complexity index is 727. The van der Waals surface area contributed by atoms with Crippen LogP contribution in [-0.2, 0) is 4.79 Å². The van der Waals surface area contributed by atoms with Gasteiger partial charge < -0.3 is 10.6 Å². The minimum absolute atomic E-state index is 0.0355. The molecule has 1 heterocycles. The van der Waals surface area contributed by atoms with Crippen LogP contribution in [0.2, 0.25) is 0 Å². The van der Waals surface area contributed by atoms with Crippen molar-refractivity contribution < 1.29 is 14.9 Å². The molecule has 1 saturated carbocycles. The van der Waals surface area contributed by atoms with Crippen molar-refractivity contribution in [2.75, 3.05) is 0 Å². The van der Waals surface area contributed by atoms with Gasteiger partial charge >= 0.3 is 6.03 Å². The number of thiophene rings is 1. The van der Waals surface area contributed by atoms with Crippen molar-refractivity contribution in [3.8, 4) is 0 Å². The molecule has 1 aliphatic carbocycles. The summed E-state index contributed by atoms with van der Waals surface area (Å²) in [6.07, 6.45) is 5.51. The minimum atomic E-state index is -0.380. The summed E-state index contributed by atoms with van der Waals surface area (Å²) in [5.41, 5.74) is 1.14. The Balaban J connectivity index is 1.58. The van der Waals surface area contributed by atoms with Crippen molar-refractivity contribution in [2.24, 2.45) is 0 Å². The molecule has 2 atom stereocenters. The first kappa shape index (κ1) is 19.6. The van der Waals surface area contributed by atoms with Crippen molar-refractivity contribution >= 4 is 23.3 Å². The molecule has 3 amide bonds. The number of carbonyl (C=O) groups excluding carboxylic acids is 2. The van der Waals surface area contributed by atoms with Gasteiger partial charge in [0.25, 0.3) is 5.91 Å². The molecule has 0 saturated heterocycles. The van der Waals surface area contributed by atoms with Gasteiger partial charge in [-0.1, -0.05) is 55.7 Å². The van der Waals surface area contributed by atoms with E-state index in [0.29, 0.717) is 0 Å². The number of quaternary nitrogens is 1. The minimum Gasteiger partial charge on any atom is -0.335 e. The van der Waals surface area contributed by atoms with Gasteiger partial charge in [0.1, 0.15) is 6.04 Å². The van der Waals surface area contributed by atoms with Crippen LogP contribution in [0.3, 0.4) is 0 Å². The topological polar surface area (TPSA) is 74.8 Å². The fourth-order valence-corrected chi connectivity index (χ4v) is 4.40. The number of carbonyl (C=O) groups is 2. The van der Waals surface area contributed by atoms with Crippen molar-refractivity contribution in [1.29, 1.82) is 0 Å². The number of benzene rings is 1. The summed E-state index contributed by atoms with van der Waals surface area (Å²) < 4.78 is 0. The number of urea groups is 1. The molecule has 27 heavy (non-hydrogen) atoms. The van der Waals surface area contributed by atoms with Crippen molar-refractivity contribution in [3.63, 3.8) is 0 Å². The summed E-state index contributed by atoms with van der Waals surface area (Å²) in [6.45, 7) is 1.84. The Morgan fingerprint density at radius 3 is 2.48 bits per heavy atom. The molecule has 144 valence electrons. The first-order chi connectivity index (χ1) is 13.1. The number of amides is 3. The largest absolute Gasteiger partial charge is 0.335 e. The SMILES string of the molecule is C[C@H]([NH2+][C@@H](c1ccccc1)c1cccs1)C(=O)NC(=O)NC1CCCCC1. The number of imide groups is 1. The number of hydrogen-bond donors (Lipinski definition) is 3. The second kappa shape index (κ2) is 9.67. The highest BCUT2D eigenvalue weighted by atomic mass is 32.1. The van der Waals surface area contributed by atoms with Crippen LogP contribution >= 0.6 is 11.3 Å². The second-order valence-corrected chi connectivity index (χ2v) is 8.16. The van der Waals surface area contributed by atoms with Crippen LogP contribution in [0.25, 0.3) is 0 Å². The summed E-state index contributed by atoms with van der Waals surface area (Å²) in [6, 6.07) is 13.7. The van der Waals surface area contributed by atoms with Crippen LogP contribution < -0.4 is 16.0 Å². The van der Waals surface area contributed by atoms with Gasteiger partial charge in [0.05, 0.1) is 4.88 Å². The zero-order valence-corrected chi connectivity index (χ0v) is 16.5. The molecule has 0 aliphatic heterocycles. The van der Waals surface area contributed by atoms with E-state index in [1.54, 1.807) is 11.3 Å². The lowest BCUT2D eigenvalue weighted by molar-refractivity contribution is -0.704. The lowest BCUT2D eigenvalue weighted by Crippen LogP contribution is -2.92. The van der Waals surface area contributed by atoms with Crippen LogP contribution in [0.1, 0.15) is 55.5 Å². The highest BCUT2D eigenvalue weighted by Crippen LogP contribution is 2.22. The molecule has 6 heteroatoms. The van der Waals surface area contributed by atoms with E-state index in [0.717, 1.165) is 31.2 Å². The number of nitrogens with two attached hydrogens (primary N) is 1. The summed E-state index contributed by atoms with van der Waals surface area (Å²) in [4.78, 5) is 25.9. The van der Waals surface area contributed by atoms with E-state index in [2.05, 4.69) is 28.8 Å². The van der Waals surface area contributed by atoms with E-state index in [4.69, 9.17) is 0 Å². The van der Waals surface area contributed by atoms with Crippen LogP contribution in [0, 0.1) is 0 Å². The van der Waals surface area contributed by atoms with Gasteiger partial charge in [-0.05, 0) is 31.2 Å². The monoisotopic (exact) mass is 386 g/mol. The average Bonchev–Trinajstić information content (AvgIpc) is 3.21. The molecule has 0 spiro atoms. The fraction of sp³-hybridized carbons (Fsp3) is 0.429. The maximum Gasteiger partial charge on any atom is 0.321 e. The molecule has 1 aromatic carbocycles. The van der Waals surface area contributed by atoms with Crippen LogP contribution in [0.5, 0.6) is 0 Å². The van der Waals surface area contributed by atoms with Gasteiger partial charge in [-0.25, -0.2) is 4.79 Å². The molecule has 2 aromatic rings. The summed E-state index contributed by atoms with van der Waals surface area (Å²) in [5, 5.41) is 9.51. The summed E-state index contributed by atoms with van der Waals surface area (Å²) in [7, 11) is 0. The lowest BCUT2D eigenvalue weighted by atomic mass is 9.96. The highest BCUT2D eigenvalue weighted by Gasteiger charge is 2.27. The maximum absolute atomic E-state index is 12.5. The van der Waals surface area contributed by atoms with Gasteiger partial charge in [-0.3, -0.25) is 10.1 Å². The van der Waals surface area contributed by atoms with Gasteiger partial charge in [0.15, 0.2) is 6.04 Å². The zero-order valence-electron chi connectivity index (χ0n) is 15.7. The molecule has 0 unspecified atom stereocenters. The van der Waals surface area contributed by atoms with Crippen LogP contribution in [0.15, 0.2) is 47.8 Å². The average molecular weight is 387 g/mol. The summed E-state index contributed by atoms with van der Waals surface area (Å²) >= 11 is 1.67. The quantitative estimate of drug-likeness (QED) is 0.714. The predicted molar refractivity (Wildman–Crippen MR) is 108 cm³/mol. The fourth-order valence-electron chi connectivity index (χ4n) is 3.57. The molecule has 3 rings (SSSR count). The molecule has 4 N–H and O–H groups in total. The van der Waals surface area contributed by atoms with E-state index in [9.17, 15) is 9.59 Å². The number of rotatable bonds is 6. The molecule has 1 aliphatic rings. The van der Waals surface area contributed by atoms with Gasteiger partial charge in [0, 0.05) is 11.6 Å². The first-order valence-electron chi connectivity index (χ1n) is 9.68. The Kier molecular flexibility index (Phi) is 7.01. The molecule has 1 fully saturated rings. The van der Waals surface area contributed by atoms with E-state index in [1.807, 2.05) is 41.9 Å². The third kappa shape index (κ3) is 5.65. The lowest BCUT2D eigenvalue weighted by Gasteiger charge is -2.23. The number of nitrogens with one attached hydrogen (secondary N) is 2. The predicted octanol–water partition coefficient (Wildman–Crippen LogP) is 2.95. The first-order valence-corrected chi connectivity index (χ1v) is 10.6. The van der Waals surface area contributed by atoms with Crippen LogP contribution in [-0.4, -0.2) is 24.0 Å². The Morgan fingerprint density at radius 1 is 1.07 bits per heavy atom. The van der Waals surface area contributed by atoms with Crippen molar-refractivity contribution in [1.82, 2.24) is 10.6 Å². The molecule has 0 bridgehead atoms. The van der Waals surface area contributed by atoms with Gasteiger partial charge in [0.2, 0.25) is 0 Å². The van der Waals surface area contributed by atoms with Crippen molar-refractivity contribution in [2.45, 2.75) is 57.2 Å². The Labute approximate surface area is 164 Å². The third-order valence-corrected chi connectivity index (χ3v) is 6.04. The normalized spacial score (nSPS) is 17.1. The van der Waals surface area contributed by atoms with Gasteiger partial charge in [-0.15, -0.1) is 11.3 Å². The van der Waals surface area contributed by atoms with E-state index in [1.165, 1.54) is 11.3 Å².